The van der Waals surface area contributed by atoms with Crippen molar-refractivity contribution in [3.63, 3.8) is 0 Å². The van der Waals surface area contributed by atoms with Gasteiger partial charge in [0.25, 0.3) is 0 Å². The molecule has 1 aromatic carbocycles. The van der Waals surface area contributed by atoms with Gasteiger partial charge in [0.2, 0.25) is 0 Å². The van der Waals surface area contributed by atoms with Crippen molar-refractivity contribution in [1.29, 1.82) is 0 Å². The predicted octanol–water partition coefficient (Wildman–Crippen LogP) is 1.51. The fraction of sp³-hybridized carbons (Fsp3) is 0.125. The van der Waals surface area contributed by atoms with E-state index in [4.69, 9.17) is 5.11 Å². The maximum absolute atomic E-state index is 12.4. The molecule has 1 aromatic rings. The zero-order valence-electron chi connectivity index (χ0n) is 5.72. The molecular formula is C8H7F2O. The molecule has 11 heavy (non-hydrogen) atoms. The van der Waals surface area contributed by atoms with Gasteiger partial charge in [-0.05, 0) is 17.7 Å². The standard InChI is InChI=1S/C8H7F2O/c9-7-3-6(1-2-11)4-8(10)5-7/h1,3-5,11H,2H2. The SMILES string of the molecule is OC[CH]c1cc(F)cc(F)c1. The van der Waals surface area contributed by atoms with E-state index in [1.807, 2.05) is 0 Å². The lowest BCUT2D eigenvalue weighted by molar-refractivity contribution is 0.331. The Hall–Kier alpha value is -0.960. The molecule has 0 atom stereocenters. The number of halogens is 2. The van der Waals surface area contributed by atoms with Gasteiger partial charge in [0.05, 0.1) is 6.61 Å². The summed E-state index contributed by atoms with van der Waals surface area (Å²) in [5.74, 6) is -1.27. The Balaban J connectivity index is 2.89. The summed E-state index contributed by atoms with van der Waals surface area (Å²) in [6.07, 6.45) is 1.33. The zero-order chi connectivity index (χ0) is 8.27. The summed E-state index contributed by atoms with van der Waals surface area (Å²) in [5.41, 5.74) is 0.352. The normalized spacial score (nSPS) is 10.1. The highest BCUT2D eigenvalue weighted by atomic mass is 19.1. The quantitative estimate of drug-likeness (QED) is 0.689. The van der Waals surface area contributed by atoms with E-state index in [0.717, 1.165) is 18.2 Å². The highest BCUT2D eigenvalue weighted by Crippen LogP contribution is 2.08. The summed E-state index contributed by atoms with van der Waals surface area (Å²) >= 11 is 0. The lowest BCUT2D eigenvalue weighted by atomic mass is 10.1. The molecule has 0 aliphatic heterocycles. The van der Waals surface area contributed by atoms with Crippen molar-refractivity contribution in [3.8, 4) is 0 Å². The molecule has 1 radical (unpaired) electrons. The maximum Gasteiger partial charge on any atom is 0.126 e. The topological polar surface area (TPSA) is 20.2 Å². The molecule has 0 aliphatic rings. The van der Waals surface area contributed by atoms with Gasteiger partial charge in [0, 0.05) is 12.5 Å². The summed E-state index contributed by atoms with van der Waals surface area (Å²) < 4.78 is 24.8. The Morgan fingerprint density at radius 3 is 2.18 bits per heavy atom. The van der Waals surface area contributed by atoms with Crippen LogP contribution in [0.1, 0.15) is 5.56 Å². The van der Waals surface area contributed by atoms with Crippen LogP contribution >= 0.6 is 0 Å². The largest absolute Gasteiger partial charge is 0.396 e. The first-order chi connectivity index (χ1) is 5.22. The van der Waals surface area contributed by atoms with Crippen LogP contribution in [-0.2, 0) is 0 Å². The van der Waals surface area contributed by atoms with Crippen LogP contribution in [0.3, 0.4) is 0 Å². The summed E-state index contributed by atoms with van der Waals surface area (Å²) in [6.45, 7) is -0.219. The molecule has 0 heterocycles. The van der Waals surface area contributed by atoms with Crippen molar-refractivity contribution in [2.45, 2.75) is 0 Å². The van der Waals surface area contributed by atoms with Crippen LogP contribution in [0.15, 0.2) is 18.2 Å². The monoisotopic (exact) mass is 157 g/mol. The third-order valence-electron chi connectivity index (χ3n) is 1.21. The minimum Gasteiger partial charge on any atom is -0.396 e. The van der Waals surface area contributed by atoms with Crippen LogP contribution in [-0.4, -0.2) is 11.7 Å². The van der Waals surface area contributed by atoms with E-state index < -0.39 is 11.6 Å². The smallest absolute Gasteiger partial charge is 0.126 e. The number of hydrogen-bond acceptors (Lipinski definition) is 1. The van der Waals surface area contributed by atoms with Crippen molar-refractivity contribution in [1.82, 2.24) is 0 Å². The molecular weight excluding hydrogens is 150 g/mol. The first-order valence-electron chi connectivity index (χ1n) is 3.12. The first kappa shape index (κ1) is 8.14. The summed E-state index contributed by atoms with van der Waals surface area (Å²) in [6, 6.07) is 3.09. The summed E-state index contributed by atoms with van der Waals surface area (Å²) in [5, 5.41) is 8.40. The minimum absolute atomic E-state index is 0.219. The number of aliphatic hydroxyl groups is 1. The maximum atomic E-state index is 12.4. The van der Waals surface area contributed by atoms with Gasteiger partial charge in [-0.25, -0.2) is 8.78 Å². The molecule has 0 bridgehead atoms. The molecule has 1 rings (SSSR count). The fourth-order valence-corrected chi connectivity index (χ4v) is 0.798. The molecule has 0 amide bonds. The number of hydrogen-bond donors (Lipinski definition) is 1. The Morgan fingerprint density at radius 2 is 1.73 bits per heavy atom. The molecule has 0 saturated carbocycles. The summed E-state index contributed by atoms with van der Waals surface area (Å²) in [4.78, 5) is 0. The van der Waals surface area contributed by atoms with Crippen LogP contribution in [0.5, 0.6) is 0 Å². The molecule has 0 fully saturated rings. The zero-order valence-corrected chi connectivity index (χ0v) is 5.72. The average molecular weight is 157 g/mol. The molecule has 1 N–H and O–H groups in total. The van der Waals surface area contributed by atoms with Gasteiger partial charge in [0.1, 0.15) is 11.6 Å². The van der Waals surface area contributed by atoms with Crippen molar-refractivity contribution >= 4 is 0 Å². The summed E-state index contributed by atoms with van der Waals surface area (Å²) in [7, 11) is 0. The van der Waals surface area contributed by atoms with E-state index in [1.54, 1.807) is 0 Å². The molecule has 0 aliphatic carbocycles. The van der Waals surface area contributed by atoms with E-state index >= 15 is 0 Å². The van der Waals surface area contributed by atoms with Crippen LogP contribution in [0.2, 0.25) is 0 Å². The van der Waals surface area contributed by atoms with Crippen LogP contribution in [0.4, 0.5) is 8.78 Å². The van der Waals surface area contributed by atoms with Crippen LogP contribution < -0.4 is 0 Å². The molecule has 0 unspecified atom stereocenters. The predicted molar refractivity (Wildman–Crippen MR) is 36.8 cm³/mol. The Labute approximate surface area is 63.3 Å². The average Bonchev–Trinajstić information content (AvgIpc) is 1.85. The van der Waals surface area contributed by atoms with Crippen LogP contribution in [0.25, 0.3) is 0 Å². The van der Waals surface area contributed by atoms with Crippen molar-refractivity contribution in [2.75, 3.05) is 6.61 Å². The van der Waals surface area contributed by atoms with Gasteiger partial charge < -0.3 is 5.11 Å². The number of rotatable bonds is 2. The van der Waals surface area contributed by atoms with Crippen molar-refractivity contribution in [2.24, 2.45) is 0 Å². The van der Waals surface area contributed by atoms with E-state index in [2.05, 4.69) is 0 Å². The van der Waals surface area contributed by atoms with Gasteiger partial charge in [-0.3, -0.25) is 0 Å². The second kappa shape index (κ2) is 3.44. The minimum atomic E-state index is -0.635. The third kappa shape index (κ3) is 2.27. The number of aliphatic hydroxyl groups excluding tert-OH is 1. The van der Waals surface area contributed by atoms with Gasteiger partial charge >= 0.3 is 0 Å². The lowest BCUT2D eigenvalue weighted by Crippen LogP contribution is -1.90. The van der Waals surface area contributed by atoms with E-state index in [-0.39, 0.29) is 6.61 Å². The molecule has 3 heteroatoms. The van der Waals surface area contributed by atoms with Crippen LogP contribution in [0, 0.1) is 18.1 Å². The second-order valence-corrected chi connectivity index (χ2v) is 2.09. The molecule has 59 valence electrons. The van der Waals surface area contributed by atoms with E-state index in [0.29, 0.717) is 5.56 Å². The third-order valence-corrected chi connectivity index (χ3v) is 1.21. The van der Waals surface area contributed by atoms with E-state index in [1.165, 1.54) is 6.42 Å². The molecule has 0 spiro atoms. The van der Waals surface area contributed by atoms with Gasteiger partial charge in [0.15, 0.2) is 0 Å². The Morgan fingerprint density at radius 1 is 1.18 bits per heavy atom. The Bertz CT molecular complexity index is 228. The van der Waals surface area contributed by atoms with Crippen molar-refractivity contribution < 1.29 is 13.9 Å². The molecule has 1 nitrogen and oxygen atoms in total. The fourth-order valence-electron chi connectivity index (χ4n) is 0.798. The Kier molecular flexibility index (Phi) is 2.54. The first-order valence-corrected chi connectivity index (χ1v) is 3.12. The highest BCUT2D eigenvalue weighted by Gasteiger charge is 1.98. The van der Waals surface area contributed by atoms with Gasteiger partial charge in [-0.1, -0.05) is 0 Å². The molecule has 0 aromatic heterocycles. The van der Waals surface area contributed by atoms with Gasteiger partial charge in [-0.2, -0.15) is 0 Å². The van der Waals surface area contributed by atoms with Gasteiger partial charge in [-0.15, -0.1) is 0 Å². The van der Waals surface area contributed by atoms with E-state index in [9.17, 15) is 8.78 Å². The second-order valence-electron chi connectivity index (χ2n) is 2.09. The highest BCUT2D eigenvalue weighted by molar-refractivity contribution is 5.24. The molecule has 0 saturated heterocycles. The number of benzene rings is 1. The van der Waals surface area contributed by atoms with Crippen molar-refractivity contribution in [3.05, 3.63) is 41.8 Å². The lowest BCUT2D eigenvalue weighted by Gasteiger charge is -1.97.